The maximum Gasteiger partial charge on any atom is 0.0759 e. The van der Waals surface area contributed by atoms with E-state index in [1.807, 2.05) is 19.1 Å². The fourth-order valence-corrected chi connectivity index (χ4v) is 1.59. The molecule has 0 N–H and O–H groups in total. The first-order chi connectivity index (χ1) is 5.00. The molecule has 0 amide bonds. The van der Waals surface area contributed by atoms with E-state index < -0.39 is 8.74 Å². The van der Waals surface area contributed by atoms with Crippen LogP contribution < -0.4 is 0 Å². The van der Waals surface area contributed by atoms with Crippen molar-refractivity contribution in [3.63, 3.8) is 0 Å². The van der Waals surface area contributed by atoms with E-state index in [9.17, 15) is 4.21 Å². The molecular formula is C8H9ClOS. The molecule has 0 bridgehead atoms. The lowest BCUT2D eigenvalue weighted by Gasteiger charge is -1.99. The summed E-state index contributed by atoms with van der Waals surface area (Å²) in [5.74, 6) is 3.36. The van der Waals surface area contributed by atoms with E-state index in [4.69, 9.17) is 10.7 Å². The van der Waals surface area contributed by atoms with Gasteiger partial charge in [0, 0.05) is 4.90 Å². The van der Waals surface area contributed by atoms with Gasteiger partial charge in [-0.25, -0.2) is 4.21 Å². The smallest absolute Gasteiger partial charge is 0.0759 e. The maximum atomic E-state index is 11.2. The molecule has 1 rings (SSSR count). The average molecular weight is 189 g/mol. The topological polar surface area (TPSA) is 17.1 Å². The Labute approximate surface area is 71.5 Å². The molecule has 0 aliphatic carbocycles. The van der Waals surface area contributed by atoms with Crippen LogP contribution in [0, 0.1) is 6.92 Å². The first-order valence-corrected chi connectivity index (χ1v) is 5.69. The van der Waals surface area contributed by atoms with Gasteiger partial charge in [0.2, 0.25) is 0 Å². The number of hydrogen-bond acceptors (Lipinski definition) is 1. The zero-order valence-electron chi connectivity index (χ0n) is 6.21. The minimum atomic E-state index is -2.55. The van der Waals surface area contributed by atoms with Crippen molar-refractivity contribution in [3.8, 4) is 0 Å². The summed E-state index contributed by atoms with van der Waals surface area (Å²) in [6, 6.07) is 7.19. The SMILES string of the molecule is C=S(=O)(Cl)c1ccc(C)cc1. The fourth-order valence-electron chi connectivity index (χ4n) is 0.741. The third-order valence-electron chi connectivity index (χ3n) is 1.37. The molecule has 0 aliphatic rings. The van der Waals surface area contributed by atoms with Crippen LogP contribution in [-0.4, -0.2) is 10.1 Å². The Bertz CT molecular complexity index is 337. The minimum absolute atomic E-state index is 0.588. The van der Waals surface area contributed by atoms with E-state index in [0.29, 0.717) is 4.90 Å². The first-order valence-electron chi connectivity index (χ1n) is 3.14. The number of benzene rings is 1. The summed E-state index contributed by atoms with van der Waals surface area (Å²) in [6.45, 7) is 1.96. The molecular weight excluding hydrogens is 180 g/mol. The lowest BCUT2D eigenvalue weighted by Crippen LogP contribution is -1.88. The van der Waals surface area contributed by atoms with Crippen LogP contribution in [0.4, 0.5) is 0 Å². The molecule has 1 unspecified atom stereocenters. The number of hydrogen-bond donors (Lipinski definition) is 0. The van der Waals surface area contributed by atoms with Crippen molar-refractivity contribution in [2.45, 2.75) is 11.8 Å². The molecule has 0 radical (unpaired) electrons. The van der Waals surface area contributed by atoms with Crippen molar-refractivity contribution in [2.75, 3.05) is 0 Å². The summed E-state index contributed by atoms with van der Waals surface area (Å²) in [7, 11) is 2.98. The molecule has 1 atom stereocenters. The lowest BCUT2D eigenvalue weighted by molar-refractivity contribution is 0.689. The van der Waals surface area contributed by atoms with Gasteiger partial charge in [-0.2, -0.15) is 0 Å². The van der Waals surface area contributed by atoms with E-state index in [1.54, 1.807) is 12.1 Å². The third kappa shape index (κ3) is 2.24. The molecule has 0 aliphatic heterocycles. The molecule has 0 fully saturated rings. The van der Waals surface area contributed by atoms with Gasteiger partial charge in [-0.05, 0) is 35.6 Å². The molecule has 1 aromatic rings. The Kier molecular flexibility index (Phi) is 2.25. The van der Waals surface area contributed by atoms with Gasteiger partial charge in [-0.15, -0.1) is 0 Å². The number of halogens is 1. The zero-order valence-corrected chi connectivity index (χ0v) is 7.78. The third-order valence-corrected chi connectivity index (χ3v) is 2.88. The van der Waals surface area contributed by atoms with Crippen LogP contribution in [-0.2, 0) is 8.74 Å². The van der Waals surface area contributed by atoms with Crippen LogP contribution in [0.2, 0.25) is 0 Å². The lowest BCUT2D eigenvalue weighted by atomic mass is 10.2. The van der Waals surface area contributed by atoms with Gasteiger partial charge in [0.25, 0.3) is 0 Å². The van der Waals surface area contributed by atoms with Crippen LogP contribution >= 0.6 is 10.7 Å². The highest BCUT2D eigenvalue weighted by Crippen LogP contribution is 2.14. The summed E-state index contributed by atoms with van der Waals surface area (Å²) in [6.07, 6.45) is 0. The Morgan fingerprint density at radius 1 is 1.36 bits per heavy atom. The van der Waals surface area contributed by atoms with Gasteiger partial charge in [-0.1, -0.05) is 17.7 Å². The molecule has 0 saturated carbocycles. The fraction of sp³-hybridized carbons (Fsp3) is 0.125. The summed E-state index contributed by atoms with van der Waals surface area (Å²) in [5.41, 5.74) is 1.12. The van der Waals surface area contributed by atoms with Gasteiger partial charge in [0.05, 0.1) is 8.74 Å². The van der Waals surface area contributed by atoms with Gasteiger partial charge in [0.15, 0.2) is 0 Å². The van der Waals surface area contributed by atoms with Crippen molar-refractivity contribution in [2.24, 2.45) is 0 Å². The standard InChI is InChI=1S/C8H9ClOS/c1-7-3-5-8(6-4-7)11(2,9)10/h3-6H,2H2,1H3. The van der Waals surface area contributed by atoms with Crippen molar-refractivity contribution < 1.29 is 4.21 Å². The maximum absolute atomic E-state index is 11.2. The van der Waals surface area contributed by atoms with Crippen LogP contribution in [0.5, 0.6) is 0 Å². The molecule has 0 saturated heterocycles. The van der Waals surface area contributed by atoms with Crippen LogP contribution in [0.15, 0.2) is 29.2 Å². The van der Waals surface area contributed by atoms with Gasteiger partial charge >= 0.3 is 0 Å². The highest BCUT2D eigenvalue weighted by molar-refractivity contribution is 8.21. The quantitative estimate of drug-likeness (QED) is 0.488. The summed E-state index contributed by atoms with van der Waals surface area (Å²) < 4.78 is 11.2. The molecule has 0 aromatic heterocycles. The van der Waals surface area contributed by atoms with Gasteiger partial charge in [-0.3, -0.25) is 0 Å². The second kappa shape index (κ2) is 2.88. The Morgan fingerprint density at radius 3 is 2.18 bits per heavy atom. The van der Waals surface area contributed by atoms with E-state index in [1.165, 1.54) is 0 Å². The molecule has 1 nitrogen and oxygen atoms in total. The average Bonchev–Trinajstić information content (AvgIpc) is 1.86. The predicted molar refractivity (Wildman–Crippen MR) is 50.6 cm³/mol. The van der Waals surface area contributed by atoms with E-state index in [2.05, 4.69) is 5.87 Å². The highest BCUT2D eigenvalue weighted by Gasteiger charge is 2.00. The Morgan fingerprint density at radius 2 is 1.82 bits per heavy atom. The van der Waals surface area contributed by atoms with Gasteiger partial charge in [0.1, 0.15) is 0 Å². The van der Waals surface area contributed by atoms with Crippen LogP contribution in [0.3, 0.4) is 0 Å². The van der Waals surface area contributed by atoms with E-state index in [-0.39, 0.29) is 0 Å². The second-order valence-corrected chi connectivity index (χ2v) is 5.56. The molecule has 0 heterocycles. The minimum Gasteiger partial charge on any atom is -0.248 e. The highest BCUT2D eigenvalue weighted by atomic mass is 35.7. The predicted octanol–water partition coefficient (Wildman–Crippen LogP) is 2.22. The molecule has 11 heavy (non-hydrogen) atoms. The van der Waals surface area contributed by atoms with Crippen molar-refractivity contribution >= 4 is 25.3 Å². The van der Waals surface area contributed by atoms with E-state index in [0.717, 1.165) is 5.56 Å². The van der Waals surface area contributed by atoms with E-state index >= 15 is 0 Å². The number of aryl methyl sites for hydroxylation is 1. The van der Waals surface area contributed by atoms with Crippen molar-refractivity contribution in [3.05, 3.63) is 29.8 Å². The number of rotatable bonds is 1. The monoisotopic (exact) mass is 188 g/mol. The molecule has 3 heteroatoms. The molecule has 60 valence electrons. The normalized spacial score (nSPS) is 15.8. The largest absolute Gasteiger partial charge is 0.248 e. The second-order valence-electron chi connectivity index (χ2n) is 2.41. The zero-order chi connectivity index (χ0) is 8.48. The van der Waals surface area contributed by atoms with Crippen molar-refractivity contribution in [1.29, 1.82) is 0 Å². The van der Waals surface area contributed by atoms with Crippen molar-refractivity contribution in [1.82, 2.24) is 0 Å². The van der Waals surface area contributed by atoms with Crippen LogP contribution in [0.25, 0.3) is 0 Å². The molecule has 0 spiro atoms. The summed E-state index contributed by atoms with van der Waals surface area (Å²) >= 11 is 0. The van der Waals surface area contributed by atoms with Gasteiger partial charge < -0.3 is 0 Å². The Hall–Kier alpha value is -0.470. The first kappa shape index (κ1) is 8.62. The summed E-state index contributed by atoms with van der Waals surface area (Å²) in [4.78, 5) is 0.588. The molecule has 1 aromatic carbocycles. The van der Waals surface area contributed by atoms with Crippen LogP contribution in [0.1, 0.15) is 5.56 Å². The summed E-state index contributed by atoms with van der Waals surface area (Å²) in [5, 5.41) is 0. The Balaban J connectivity index is 3.20.